The number of aromatic nitrogens is 1. The first kappa shape index (κ1) is 32.7. The molecule has 0 amide bonds. The van der Waals surface area contributed by atoms with Crippen LogP contribution in [0.4, 0.5) is 0 Å². The fraction of sp³-hybridized carbons (Fsp3) is 0.0385. The van der Waals surface area contributed by atoms with Crippen molar-refractivity contribution in [3.05, 3.63) is 217 Å². The highest BCUT2D eigenvalue weighted by Gasteiger charge is 2.20. The summed E-state index contributed by atoms with van der Waals surface area (Å²) >= 11 is 0. The van der Waals surface area contributed by atoms with Gasteiger partial charge in [0.2, 0.25) is 0 Å². The van der Waals surface area contributed by atoms with Gasteiger partial charge in [-0.15, -0.1) is 0 Å². The third-order valence-electron chi connectivity index (χ3n) is 11.1. The van der Waals surface area contributed by atoms with Crippen molar-refractivity contribution in [2.24, 2.45) is 0 Å². The van der Waals surface area contributed by atoms with Crippen molar-refractivity contribution in [3.8, 4) is 16.8 Å². The predicted molar refractivity (Wildman–Crippen MR) is 232 cm³/mol. The molecule has 0 radical (unpaired) electrons. The van der Waals surface area contributed by atoms with Crippen molar-refractivity contribution >= 4 is 59.8 Å². The smallest absolute Gasteiger partial charge is 0.131 e. The second-order valence-corrected chi connectivity index (χ2v) is 14.4. The number of para-hydroxylation sites is 1. The van der Waals surface area contributed by atoms with Gasteiger partial charge in [-0.25, -0.2) is 0 Å². The summed E-state index contributed by atoms with van der Waals surface area (Å²) < 4.78 is 2.46. The Labute approximate surface area is 320 Å². The Kier molecular flexibility index (Phi) is 8.20. The van der Waals surface area contributed by atoms with Crippen LogP contribution in [0.2, 0.25) is 0 Å². The molecule has 0 saturated carbocycles. The molecule has 3 nitrogen and oxygen atoms in total. The summed E-state index contributed by atoms with van der Waals surface area (Å²) in [6.45, 7) is 0.707. The van der Waals surface area contributed by atoms with Crippen LogP contribution in [0.1, 0.15) is 22.7 Å². The third kappa shape index (κ3) is 5.83. The minimum absolute atomic E-state index is 0.0679. The van der Waals surface area contributed by atoms with E-state index in [2.05, 4.69) is 216 Å². The molecule has 1 atom stereocenters. The zero-order valence-electron chi connectivity index (χ0n) is 30.5. The molecule has 0 aliphatic heterocycles. The molecule has 4 N–H and O–H groups in total. The number of benzene rings is 9. The molecule has 1 unspecified atom stereocenters. The summed E-state index contributed by atoms with van der Waals surface area (Å²) in [6, 6.07) is 69.9. The average Bonchev–Trinajstić information content (AvgIpc) is 3.61. The molecule has 10 aromatic rings. The summed E-state index contributed by atoms with van der Waals surface area (Å²) in [4.78, 5) is 0. The molecule has 262 valence electrons. The number of rotatable bonds is 8. The summed E-state index contributed by atoms with van der Waals surface area (Å²) in [5, 5.41) is 14.0. The van der Waals surface area contributed by atoms with E-state index in [0.717, 1.165) is 22.5 Å². The Morgan fingerprint density at radius 2 is 1.18 bits per heavy atom. The first-order chi connectivity index (χ1) is 27.2. The number of nitrogens with zero attached hydrogens (tertiary/aromatic N) is 1. The summed E-state index contributed by atoms with van der Waals surface area (Å²) in [5.74, 6) is 0. The number of fused-ring (bicyclic) bond motifs is 10. The highest BCUT2D eigenvalue weighted by Crippen LogP contribution is 2.44. The molecule has 55 heavy (non-hydrogen) atoms. The number of hydrogen-bond donors (Lipinski definition) is 2. The van der Waals surface area contributed by atoms with E-state index in [0.29, 0.717) is 6.54 Å². The molecule has 0 aliphatic rings. The molecule has 1 heterocycles. The second-order valence-electron chi connectivity index (χ2n) is 14.4. The zero-order chi connectivity index (χ0) is 36.7. The quantitative estimate of drug-likeness (QED) is 0.152. The predicted octanol–water partition coefficient (Wildman–Crippen LogP) is 12.0. The first-order valence-electron chi connectivity index (χ1n) is 19.1. The maximum Gasteiger partial charge on any atom is 0.131 e. The summed E-state index contributed by atoms with van der Waals surface area (Å²) in [5.41, 5.74) is 15.3. The molecule has 9 aromatic carbocycles. The largest absolute Gasteiger partial charge is 0.381 e. The van der Waals surface area contributed by atoms with Gasteiger partial charge in [0.05, 0.1) is 11.0 Å². The van der Waals surface area contributed by atoms with E-state index in [9.17, 15) is 0 Å². The fourth-order valence-corrected chi connectivity index (χ4v) is 8.44. The van der Waals surface area contributed by atoms with Crippen LogP contribution < -0.4 is 11.1 Å². The maximum absolute atomic E-state index is 4.66. The molecule has 0 spiro atoms. The number of quaternary nitrogens is 1. The van der Waals surface area contributed by atoms with Gasteiger partial charge in [0.15, 0.2) is 0 Å². The van der Waals surface area contributed by atoms with Crippen LogP contribution >= 0.6 is 0 Å². The Hall–Kier alpha value is -6.94. The van der Waals surface area contributed by atoms with Gasteiger partial charge in [-0.05, 0) is 68.1 Å². The standard InChI is InChI=1S/C52H39N3/c53-47(33-48(39-18-5-2-6-19-39)54-34-35-14-13-20-40(32-35)36-15-3-1-4-16-36)38-26-29-41(30-27-38)55-49-25-12-11-24-46(49)51-50-42-21-8-7-17-37(42)28-31-44(50)43-22-9-10-23-45(43)52(51)55/h1-33,47,54H,34,53H2/p+1/b48-33-. The van der Waals surface area contributed by atoms with Crippen molar-refractivity contribution in [2.75, 3.05) is 0 Å². The molecule has 0 fully saturated rings. The highest BCUT2D eigenvalue weighted by atomic mass is 15.0. The van der Waals surface area contributed by atoms with E-state index in [1.165, 1.54) is 70.8 Å². The minimum atomic E-state index is -0.0679. The Balaban J connectivity index is 1.05. The Morgan fingerprint density at radius 3 is 1.98 bits per heavy atom. The molecule has 10 rings (SSSR count). The van der Waals surface area contributed by atoms with Crippen molar-refractivity contribution in [1.82, 2.24) is 9.88 Å². The van der Waals surface area contributed by atoms with Gasteiger partial charge < -0.3 is 15.6 Å². The van der Waals surface area contributed by atoms with Crippen molar-refractivity contribution in [1.29, 1.82) is 0 Å². The van der Waals surface area contributed by atoms with E-state index < -0.39 is 0 Å². The third-order valence-corrected chi connectivity index (χ3v) is 11.1. The lowest BCUT2D eigenvalue weighted by Crippen LogP contribution is -2.52. The number of nitrogens with one attached hydrogen (secondary N) is 1. The van der Waals surface area contributed by atoms with Gasteiger partial charge in [0.1, 0.15) is 6.04 Å². The van der Waals surface area contributed by atoms with Gasteiger partial charge in [0.25, 0.3) is 0 Å². The summed E-state index contributed by atoms with van der Waals surface area (Å²) in [6.07, 6.45) is 2.26. The van der Waals surface area contributed by atoms with Crippen LogP contribution in [0, 0.1) is 0 Å². The Morgan fingerprint density at radius 1 is 0.527 bits per heavy atom. The molecular weight excluding hydrogens is 667 g/mol. The maximum atomic E-state index is 4.66. The normalized spacial score (nSPS) is 12.6. The monoisotopic (exact) mass is 706 g/mol. The van der Waals surface area contributed by atoms with E-state index >= 15 is 0 Å². The molecule has 0 aliphatic carbocycles. The van der Waals surface area contributed by atoms with Crippen LogP contribution in [0.25, 0.3) is 76.6 Å². The SMILES string of the molecule is [NH3+]C(/C=C(\NCc1cccc(-c2ccccc2)c1)c1ccccc1)c1ccc(-n2c3ccccc3c3c4c5ccccc5ccc4c4ccccc4c32)cc1. The number of hydrogen-bond acceptors (Lipinski definition) is 1. The van der Waals surface area contributed by atoms with Crippen LogP contribution in [-0.4, -0.2) is 4.57 Å². The molecule has 1 aromatic heterocycles. The average molecular weight is 707 g/mol. The van der Waals surface area contributed by atoms with Crippen LogP contribution in [0.5, 0.6) is 0 Å². The van der Waals surface area contributed by atoms with Crippen LogP contribution in [0.15, 0.2) is 200 Å². The lowest BCUT2D eigenvalue weighted by atomic mass is 9.93. The van der Waals surface area contributed by atoms with Crippen molar-refractivity contribution in [3.63, 3.8) is 0 Å². The minimum Gasteiger partial charge on any atom is -0.381 e. The summed E-state index contributed by atoms with van der Waals surface area (Å²) in [7, 11) is 0. The van der Waals surface area contributed by atoms with E-state index in [1.54, 1.807) is 0 Å². The molecular formula is C52H40N3+. The van der Waals surface area contributed by atoms with Crippen LogP contribution in [0.3, 0.4) is 0 Å². The zero-order valence-corrected chi connectivity index (χ0v) is 30.5. The van der Waals surface area contributed by atoms with Gasteiger partial charge in [0, 0.05) is 51.1 Å². The van der Waals surface area contributed by atoms with Gasteiger partial charge in [-0.3, -0.25) is 0 Å². The molecule has 3 heteroatoms. The highest BCUT2D eigenvalue weighted by molar-refractivity contribution is 6.36. The van der Waals surface area contributed by atoms with Crippen molar-refractivity contribution < 1.29 is 5.73 Å². The topological polar surface area (TPSA) is 44.6 Å². The second kappa shape index (κ2) is 13.8. The van der Waals surface area contributed by atoms with Gasteiger partial charge in [-0.1, -0.05) is 170 Å². The fourth-order valence-electron chi connectivity index (χ4n) is 8.44. The molecule has 0 saturated heterocycles. The van der Waals surface area contributed by atoms with Gasteiger partial charge in [-0.2, -0.15) is 0 Å². The van der Waals surface area contributed by atoms with Crippen LogP contribution in [-0.2, 0) is 6.54 Å². The lowest BCUT2D eigenvalue weighted by Gasteiger charge is -2.16. The van der Waals surface area contributed by atoms with Gasteiger partial charge >= 0.3 is 0 Å². The van der Waals surface area contributed by atoms with E-state index in [-0.39, 0.29) is 6.04 Å². The van der Waals surface area contributed by atoms with E-state index in [1.807, 2.05) is 0 Å². The molecule has 0 bridgehead atoms. The lowest BCUT2D eigenvalue weighted by molar-refractivity contribution is -0.409. The van der Waals surface area contributed by atoms with E-state index in [4.69, 9.17) is 0 Å². The Bertz CT molecular complexity index is 3030. The van der Waals surface area contributed by atoms with Crippen molar-refractivity contribution in [2.45, 2.75) is 12.6 Å². The first-order valence-corrected chi connectivity index (χ1v) is 19.1.